The molecular weight excluding hydrogens is 202 g/mol. The Kier molecular flexibility index (Phi) is 2.83. The Hall–Kier alpha value is -1.55. The molecule has 2 rings (SSSR count). The molecule has 0 aromatic carbocycles. The van der Waals surface area contributed by atoms with Crippen molar-refractivity contribution in [3.63, 3.8) is 0 Å². The second-order valence-corrected chi connectivity index (χ2v) is 4.21. The van der Waals surface area contributed by atoms with Gasteiger partial charge in [0.1, 0.15) is 5.76 Å². The molecule has 2 aromatic rings. The van der Waals surface area contributed by atoms with E-state index in [0.29, 0.717) is 0 Å². The summed E-state index contributed by atoms with van der Waals surface area (Å²) in [6, 6.07) is 2.12. The molecule has 2 N–H and O–H groups in total. The van der Waals surface area contributed by atoms with Gasteiger partial charge in [0.2, 0.25) is 0 Å². The molecule has 1 atom stereocenters. The van der Waals surface area contributed by atoms with E-state index in [0.717, 1.165) is 29.1 Å². The standard InChI is InChI=1S/C12H17N3O/c1-8(13)11-4-5-15(6-11)7-12-9(2)14-16-10(12)3/h4-6,8H,7,13H2,1-3H3. The first-order valence-corrected chi connectivity index (χ1v) is 5.41. The van der Waals surface area contributed by atoms with Crippen LogP contribution in [-0.2, 0) is 6.54 Å². The molecule has 0 fully saturated rings. The van der Waals surface area contributed by atoms with E-state index in [1.807, 2.05) is 33.0 Å². The fourth-order valence-electron chi connectivity index (χ4n) is 1.74. The summed E-state index contributed by atoms with van der Waals surface area (Å²) in [5.41, 5.74) is 9.06. The van der Waals surface area contributed by atoms with E-state index in [4.69, 9.17) is 10.3 Å². The van der Waals surface area contributed by atoms with E-state index < -0.39 is 0 Å². The topological polar surface area (TPSA) is 57.0 Å². The van der Waals surface area contributed by atoms with Crippen LogP contribution in [0.25, 0.3) is 0 Å². The Bertz CT molecular complexity index is 463. The van der Waals surface area contributed by atoms with Crippen molar-refractivity contribution in [2.75, 3.05) is 0 Å². The van der Waals surface area contributed by atoms with E-state index in [-0.39, 0.29) is 6.04 Å². The summed E-state index contributed by atoms with van der Waals surface area (Å²) in [6.45, 7) is 6.66. The van der Waals surface area contributed by atoms with Crippen molar-refractivity contribution in [2.24, 2.45) is 5.73 Å². The fraction of sp³-hybridized carbons (Fsp3) is 0.417. The molecule has 0 radical (unpaired) electrons. The van der Waals surface area contributed by atoms with E-state index in [9.17, 15) is 0 Å². The first-order chi connectivity index (χ1) is 7.58. The lowest BCUT2D eigenvalue weighted by Crippen LogP contribution is -2.04. The van der Waals surface area contributed by atoms with Crippen molar-refractivity contribution in [3.8, 4) is 0 Å². The van der Waals surface area contributed by atoms with Crippen LogP contribution < -0.4 is 5.73 Å². The van der Waals surface area contributed by atoms with Gasteiger partial charge in [-0.2, -0.15) is 0 Å². The highest BCUT2D eigenvalue weighted by atomic mass is 16.5. The third-order valence-corrected chi connectivity index (χ3v) is 2.82. The summed E-state index contributed by atoms with van der Waals surface area (Å²) in [7, 11) is 0. The quantitative estimate of drug-likeness (QED) is 0.860. The van der Waals surface area contributed by atoms with Crippen molar-refractivity contribution >= 4 is 0 Å². The molecule has 0 saturated carbocycles. The van der Waals surface area contributed by atoms with Crippen LogP contribution in [0, 0.1) is 13.8 Å². The van der Waals surface area contributed by atoms with Crippen LogP contribution in [0.3, 0.4) is 0 Å². The van der Waals surface area contributed by atoms with Gasteiger partial charge < -0.3 is 14.8 Å². The number of aryl methyl sites for hydroxylation is 2. The number of hydrogen-bond donors (Lipinski definition) is 1. The van der Waals surface area contributed by atoms with Gasteiger partial charge in [-0.25, -0.2) is 0 Å². The summed E-state index contributed by atoms with van der Waals surface area (Å²) in [4.78, 5) is 0. The largest absolute Gasteiger partial charge is 0.361 e. The highest BCUT2D eigenvalue weighted by Gasteiger charge is 2.10. The maximum atomic E-state index is 5.82. The molecule has 2 heterocycles. The van der Waals surface area contributed by atoms with Gasteiger partial charge in [0, 0.05) is 24.0 Å². The SMILES string of the molecule is Cc1noc(C)c1Cn1ccc(C(C)N)c1. The fourth-order valence-corrected chi connectivity index (χ4v) is 1.74. The van der Waals surface area contributed by atoms with Crippen LogP contribution in [0.1, 0.15) is 35.5 Å². The molecule has 2 aromatic heterocycles. The zero-order chi connectivity index (χ0) is 11.7. The zero-order valence-electron chi connectivity index (χ0n) is 9.90. The van der Waals surface area contributed by atoms with Crippen LogP contribution in [0.5, 0.6) is 0 Å². The van der Waals surface area contributed by atoms with Crippen molar-refractivity contribution < 1.29 is 4.52 Å². The number of aromatic nitrogens is 2. The molecule has 0 aliphatic carbocycles. The highest BCUT2D eigenvalue weighted by Crippen LogP contribution is 2.16. The van der Waals surface area contributed by atoms with Crippen molar-refractivity contribution in [3.05, 3.63) is 41.0 Å². The average Bonchev–Trinajstić information content (AvgIpc) is 2.80. The first kappa shape index (κ1) is 11.0. The van der Waals surface area contributed by atoms with Gasteiger partial charge >= 0.3 is 0 Å². The molecule has 1 unspecified atom stereocenters. The minimum absolute atomic E-state index is 0.0749. The molecular formula is C12H17N3O. The lowest BCUT2D eigenvalue weighted by atomic mass is 10.2. The maximum Gasteiger partial charge on any atom is 0.138 e. The molecule has 0 saturated heterocycles. The smallest absolute Gasteiger partial charge is 0.138 e. The Labute approximate surface area is 95.0 Å². The minimum Gasteiger partial charge on any atom is -0.361 e. The predicted molar refractivity (Wildman–Crippen MR) is 62.1 cm³/mol. The molecule has 86 valence electrons. The number of rotatable bonds is 3. The summed E-state index contributed by atoms with van der Waals surface area (Å²) in [5, 5.41) is 3.94. The molecule has 4 nitrogen and oxygen atoms in total. The number of nitrogens with zero attached hydrogens (tertiary/aromatic N) is 2. The van der Waals surface area contributed by atoms with E-state index in [1.54, 1.807) is 0 Å². The van der Waals surface area contributed by atoms with E-state index in [2.05, 4.69) is 15.9 Å². The van der Waals surface area contributed by atoms with Gasteiger partial charge in [0.25, 0.3) is 0 Å². The van der Waals surface area contributed by atoms with E-state index in [1.165, 1.54) is 0 Å². The number of nitrogens with two attached hydrogens (primary N) is 1. The third-order valence-electron chi connectivity index (χ3n) is 2.82. The molecule has 0 bridgehead atoms. The van der Waals surface area contributed by atoms with Gasteiger partial charge in [0.05, 0.1) is 12.2 Å². The Balaban J connectivity index is 2.21. The first-order valence-electron chi connectivity index (χ1n) is 5.41. The molecule has 0 spiro atoms. The van der Waals surface area contributed by atoms with Crippen molar-refractivity contribution in [1.29, 1.82) is 0 Å². The highest BCUT2D eigenvalue weighted by molar-refractivity contribution is 5.23. The normalized spacial score (nSPS) is 13.0. The second-order valence-electron chi connectivity index (χ2n) is 4.21. The number of hydrogen-bond acceptors (Lipinski definition) is 3. The van der Waals surface area contributed by atoms with Crippen LogP contribution in [0.4, 0.5) is 0 Å². The summed E-state index contributed by atoms with van der Waals surface area (Å²) >= 11 is 0. The van der Waals surface area contributed by atoms with Gasteiger partial charge in [-0.05, 0) is 32.4 Å². The van der Waals surface area contributed by atoms with Crippen LogP contribution in [-0.4, -0.2) is 9.72 Å². The Morgan fingerprint density at radius 1 is 1.50 bits per heavy atom. The average molecular weight is 219 g/mol. The van der Waals surface area contributed by atoms with Crippen LogP contribution >= 0.6 is 0 Å². The molecule has 0 aliphatic rings. The second kappa shape index (κ2) is 4.14. The lowest BCUT2D eigenvalue weighted by molar-refractivity contribution is 0.392. The lowest BCUT2D eigenvalue weighted by Gasteiger charge is -2.03. The predicted octanol–water partition coefficient (Wildman–Crippen LogP) is 2.16. The van der Waals surface area contributed by atoms with Gasteiger partial charge in [-0.1, -0.05) is 5.16 Å². The van der Waals surface area contributed by atoms with E-state index >= 15 is 0 Å². The summed E-state index contributed by atoms with van der Waals surface area (Å²) < 4.78 is 7.24. The van der Waals surface area contributed by atoms with Gasteiger partial charge in [0.15, 0.2) is 0 Å². The van der Waals surface area contributed by atoms with Crippen LogP contribution in [0.15, 0.2) is 23.0 Å². The van der Waals surface area contributed by atoms with Crippen molar-refractivity contribution in [2.45, 2.75) is 33.4 Å². The summed E-state index contributed by atoms with van der Waals surface area (Å²) in [5.74, 6) is 0.883. The molecule has 0 amide bonds. The van der Waals surface area contributed by atoms with Crippen LogP contribution in [0.2, 0.25) is 0 Å². The molecule has 0 aliphatic heterocycles. The Morgan fingerprint density at radius 2 is 2.25 bits per heavy atom. The Morgan fingerprint density at radius 3 is 2.75 bits per heavy atom. The van der Waals surface area contributed by atoms with Crippen molar-refractivity contribution in [1.82, 2.24) is 9.72 Å². The third kappa shape index (κ3) is 2.02. The van der Waals surface area contributed by atoms with Gasteiger partial charge in [-0.3, -0.25) is 0 Å². The monoisotopic (exact) mass is 219 g/mol. The summed E-state index contributed by atoms with van der Waals surface area (Å²) in [6.07, 6.45) is 4.10. The minimum atomic E-state index is 0.0749. The van der Waals surface area contributed by atoms with Gasteiger partial charge in [-0.15, -0.1) is 0 Å². The molecule has 4 heteroatoms. The zero-order valence-corrected chi connectivity index (χ0v) is 9.90. The molecule has 16 heavy (non-hydrogen) atoms. The maximum absolute atomic E-state index is 5.82.